The van der Waals surface area contributed by atoms with Crippen LogP contribution in [0.5, 0.6) is 5.75 Å². The molecular weight excluding hydrogens is 360 g/mol. The topological polar surface area (TPSA) is 95.9 Å². The number of ether oxygens (including phenoxy) is 1. The molecule has 1 atom stereocenters. The molecule has 0 saturated carbocycles. The maximum absolute atomic E-state index is 12.2. The highest BCUT2D eigenvalue weighted by Crippen LogP contribution is 2.37. The Bertz CT molecular complexity index is 775. The van der Waals surface area contributed by atoms with Gasteiger partial charge in [-0.2, -0.15) is 0 Å². The lowest BCUT2D eigenvalue weighted by Crippen LogP contribution is -2.41. The summed E-state index contributed by atoms with van der Waals surface area (Å²) in [5.74, 6) is -0.660. The zero-order valence-corrected chi connectivity index (χ0v) is 16.7. The van der Waals surface area contributed by atoms with E-state index in [2.05, 4.69) is 5.32 Å². The molecule has 2 fully saturated rings. The lowest BCUT2D eigenvalue weighted by Gasteiger charge is -2.34. The number of carbonyl (C=O) groups excluding carboxylic acids is 3. The van der Waals surface area contributed by atoms with Crippen molar-refractivity contribution < 1.29 is 24.2 Å². The van der Waals surface area contributed by atoms with Gasteiger partial charge in [0.05, 0.1) is 5.92 Å². The number of imide groups is 1. The van der Waals surface area contributed by atoms with E-state index in [4.69, 9.17) is 4.74 Å². The maximum atomic E-state index is 12.2. The fraction of sp³-hybridized carbons (Fsp3) is 0.571. The van der Waals surface area contributed by atoms with E-state index < -0.39 is 11.5 Å². The van der Waals surface area contributed by atoms with Crippen molar-refractivity contribution in [1.29, 1.82) is 0 Å². The van der Waals surface area contributed by atoms with Gasteiger partial charge in [-0.3, -0.25) is 14.9 Å². The lowest BCUT2D eigenvalue weighted by atomic mass is 9.85. The maximum Gasteiger partial charge on any atom is 0.410 e. The zero-order chi connectivity index (χ0) is 20.5. The number of phenolic OH excluding ortho intramolecular Hbond substituents is 1. The second-order valence-corrected chi connectivity index (χ2v) is 8.56. The smallest absolute Gasteiger partial charge is 0.410 e. The molecule has 2 N–H and O–H groups in total. The molecule has 1 aromatic carbocycles. The molecular formula is C21H28N2O5. The molecule has 2 aliphatic rings. The Kier molecular flexibility index (Phi) is 5.63. The van der Waals surface area contributed by atoms with Gasteiger partial charge in [0.2, 0.25) is 11.8 Å². The fourth-order valence-electron chi connectivity index (χ4n) is 3.83. The van der Waals surface area contributed by atoms with Gasteiger partial charge >= 0.3 is 6.09 Å². The van der Waals surface area contributed by atoms with Crippen molar-refractivity contribution in [2.45, 2.75) is 63.9 Å². The first kappa shape index (κ1) is 20.2. The number of phenols is 1. The number of piperidine rings is 2. The molecule has 152 valence electrons. The van der Waals surface area contributed by atoms with Crippen LogP contribution in [-0.4, -0.2) is 46.6 Å². The van der Waals surface area contributed by atoms with Crippen molar-refractivity contribution in [3.8, 4) is 5.75 Å². The van der Waals surface area contributed by atoms with Crippen molar-refractivity contribution in [2.75, 3.05) is 13.1 Å². The van der Waals surface area contributed by atoms with Gasteiger partial charge in [-0.05, 0) is 63.1 Å². The number of aromatic hydroxyl groups is 1. The molecule has 0 radical (unpaired) electrons. The van der Waals surface area contributed by atoms with Crippen LogP contribution in [0.25, 0.3) is 0 Å². The van der Waals surface area contributed by atoms with Gasteiger partial charge in [-0.15, -0.1) is 0 Å². The SMILES string of the molecule is CC(C)(C)OC(=O)N1CCC(c2ccc(C3CCC(=O)NC3=O)cc2O)CC1. The van der Waals surface area contributed by atoms with Crippen LogP contribution in [-0.2, 0) is 14.3 Å². The Labute approximate surface area is 165 Å². The molecule has 1 aromatic rings. The van der Waals surface area contributed by atoms with Crippen molar-refractivity contribution >= 4 is 17.9 Å². The average molecular weight is 388 g/mol. The van der Waals surface area contributed by atoms with Gasteiger partial charge in [0.15, 0.2) is 0 Å². The Balaban J connectivity index is 1.63. The summed E-state index contributed by atoms with van der Waals surface area (Å²) in [6.45, 7) is 6.70. The number of hydrogen-bond acceptors (Lipinski definition) is 5. The molecule has 3 amide bonds. The quantitative estimate of drug-likeness (QED) is 0.759. The zero-order valence-electron chi connectivity index (χ0n) is 16.7. The summed E-state index contributed by atoms with van der Waals surface area (Å²) < 4.78 is 5.42. The number of amides is 3. The first-order valence-electron chi connectivity index (χ1n) is 9.78. The molecule has 2 aliphatic heterocycles. The number of carbonyl (C=O) groups is 3. The minimum absolute atomic E-state index is 0.148. The van der Waals surface area contributed by atoms with Crippen molar-refractivity contribution in [2.24, 2.45) is 0 Å². The number of nitrogens with zero attached hydrogens (tertiary/aromatic N) is 1. The van der Waals surface area contributed by atoms with E-state index in [1.807, 2.05) is 32.9 Å². The van der Waals surface area contributed by atoms with E-state index >= 15 is 0 Å². The number of rotatable bonds is 2. The summed E-state index contributed by atoms with van der Waals surface area (Å²) in [6.07, 6.45) is 1.94. The van der Waals surface area contributed by atoms with Crippen LogP contribution >= 0.6 is 0 Å². The second kappa shape index (κ2) is 7.81. The number of nitrogens with one attached hydrogen (secondary N) is 1. The Morgan fingerprint density at radius 3 is 2.43 bits per heavy atom. The van der Waals surface area contributed by atoms with Crippen molar-refractivity contribution in [1.82, 2.24) is 10.2 Å². The molecule has 3 rings (SSSR count). The molecule has 0 aliphatic carbocycles. The summed E-state index contributed by atoms with van der Waals surface area (Å²) in [5.41, 5.74) is 1.04. The van der Waals surface area contributed by atoms with Crippen LogP contribution < -0.4 is 5.32 Å². The number of benzene rings is 1. The summed E-state index contributed by atoms with van der Waals surface area (Å²) in [5, 5.41) is 12.9. The third-order valence-corrected chi connectivity index (χ3v) is 5.28. The van der Waals surface area contributed by atoms with E-state index in [1.165, 1.54) is 0 Å². The van der Waals surface area contributed by atoms with Crippen LogP contribution in [0.15, 0.2) is 18.2 Å². The lowest BCUT2D eigenvalue weighted by molar-refractivity contribution is -0.134. The number of likely N-dealkylation sites (tertiary alicyclic amines) is 1. The molecule has 2 heterocycles. The van der Waals surface area contributed by atoms with Gasteiger partial charge in [0.25, 0.3) is 0 Å². The first-order valence-corrected chi connectivity index (χ1v) is 9.78. The van der Waals surface area contributed by atoms with E-state index in [0.717, 1.165) is 24.0 Å². The molecule has 7 heteroatoms. The van der Waals surface area contributed by atoms with Gasteiger partial charge < -0.3 is 14.7 Å². The van der Waals surface area contributed by atoms with E-state index in [0.29, 0.717) is 25.9 Å². The van der Waals surface area contributed by atoms with Gasteiger partial charge in [0.1, 0.15) is 11.4 Å². The Morgan fingerprint density at radius 2 is 1.86 bits per heavy atom. The minimum Gasteiger partial charge on any atom is -0.508 e. The van der Waals surface area contributed by atoms with Gasteiger partial charge in [-0.25, -0.2) is 4.79 Å². The highest BCUT2D eigenvalue weighted by Gasteiger charge is 2.31. The minimum atomic E-state index is -0.516. The average Bonchev–Trinajstić information content (AvgIpc) is 2.60. The van der Waals surface area contributed by atoms with Crippen LogP contribution in [0.2, 0.25) is 0 Å². The Hall–Kier alpha value is -2.57. The fourth-order valence-corrected chi connectivity index (χ4v) is 3.83. The van der Waals surface area contributed by atoms with Crippen LogP contribution in [0, 0.1) is 0 Å². The standard InChI is InChI=1S/C21H28N2O5/c1-21(2,3)28-20(27)23-10-8-13(9-11-23)15-5-4-14(12-17(15)24)16-6-7-18(25)22-19(16)26/h4-5,12-13,16,24H,6-11H2,1-3H3,(H,22,25,26). The summed E-state index contributed by atoms with van der Waals surface area (Å²) >= 11 is 0. The van der Waals surface area contributed by atoms with Gasteiger partial charge in [-0.1, -0.05) is 12.1 Å². The first-order chi connectivity index (χ1) is 13.1. The predicted octanol–water partition coefficient (Wildman–Crippen LogP) is 3.03. The molecule has 28 heavy (non-hydrogen) atoms. The van der Waals surface area contributed by atoms with Crippen molar-refractivity contribution in [3.63, 3.8) is 0 Å². The van der Waals surface area contributed by atoms with Crippen molar-refractivity contribution in [3.05, 3.63) is 29.3 Å². The molecule has 2 saturated heterocycles. The summed E-state index contributed by atoms with van der Waals surface area (Å²) in [4.78, 5) is 37.2. The van der Waals surface area contributed by atoms with Crippen LogP contribution in [0.1, 0.15) is 69.4 Å². The third kappa shape index (κ3) is 4.64. The molecule has 1 unspecified atom stereocenters. The third-order valence-electron chi connectivity index (χ3n) is 5.28. The highest BCUT2D eigenvalue weighted by molar-refractivity contribution is 6.00. The van der Waals surface area contributed by atoms with Crippen LogP contribution in [0.3, 0.4) is 0 Å². The molecule has 0 spiro atoms. The summed E-state index contributed by atoms with van der Waals surface area (Å²) in [7, 11) is 0. The normalized spacial score (nSPS) is 21.4. The van der Waals surface area contributed by atoms with E-state index in [1.54, 1.807) is 11.0 Å². The highest BCUT2D eigenvalue weighted by atomic mass is 16.6. The predicted molar refractivity (Wildman–Crippen MR) is 103 cm³/mol. The van der Waals surface area contributed by atoms with E-state index in [9.17, 15) is 19.5 Å². The monoisotopic (exact) mass is 388 g/mol. The Morgan fingerprint density at radius 1 is 1.18 bits per heavy atom. The summed E-state index contributed by atoms with van der Waals surface area (Å²) in [6, 6.07) is 5.35. The number of hydrogen-bond donors (Lipinski definition) is 2. The van der Waals surface area contributed by atoms with Gasteiger partial charge in [0, 0.05) is 19.5 Å². The molecule has 7 nitrogen and oxygen atoms in total. The largest absolute Gasteiger partial charge is 0.508 e. The molecule has 0 aromatic heterocycles. The molecule has 0 bridgehead atoms. The second-order valence-electron chi connectivity index (χ2n) is 8.56. The van der Waals surface area contributed by atoms with Crippen LogP contribution in [0.4, 0.5) is 4.79 Å². The van der Waals surface area contributed by atoms with E-state index in [-0.39, 0.29) is 29.6 Å².